The molecule has 1 aliphatic rings. The van der Waals surface area contributed by atoms with Gasteiger partial charge in [-0.3, -0.25) is 0 Å². The van der Waals surface area contributed by atoms with Gasteiger partial charge in [-0.25, -0.2) is 0 Å². The first kappa shape index (κ1) is 8.57. The quantitative estimate of drug-likeness (QED) is 0.646. The Morgan fingerprint density at radius 1 is 1.46 bits per heavy atom. The topological polar surface area (TPSA) is 12.5 Å². The van der Waals surface area contributed by atoms with Crippen LogP contribution in [0.4, 0.5) is 5.69 Å². The molecule has 1 atom stereocenters. The first-order valence-electron chi connectivity index (χ1n) is 4.69. The van der Waals surface area contributed by atoms with Gasteiger partial charge in [-0.1, -0.05) is 12.1 Å². The molecule has 2 heteroatoms. The first-order chi connectivity index (χ1) is 6.36. The molecule has 1 aromatic rings. The Balaban J connectivity index is 2.08. The van der Waals surface area contributed by atoms with Crippen LogP contribution in [-0.2, 0) is 4.74 Å². The Labute approximate surface area is 79.1 Å². The summed E-state index contributed by atoms with van der Waals surface area (Å²) in [7, 11) is 0. The van der Waals surface area contributed by atoms with Gasteiger partial charge in [0.05, 0.1) is 12.7 Å². The lowest BCUT2D eigenvalue weighted by Crippen LogP contribution is -2.41. The zero-order valence-corrected chi connectivity index (χ0v) is 7.86. The zero-order chi connectivity index (χ0) is 9.10. The molecule has 1 radical (unpaired) electrons. The minimum Gasteiger partial charge on any atom is -0.375 e. The van der Waals surface area contributed by atoms with Crippen molar-refractivity contribution in [3.05, 3.63) is 30.3 Å². The molecular formula is C11H14NO. The van der Waals surface area contributed by atoms with Crippen LogP contribution in [-0.4, -0.2) is 25.8 Å². The molecule has 1 fully saturated rings. The highest BCUT2D eigenvalue weighted by molar-refractivity contribution is 5.46. The van der Waals surface area contributed by atoms with E-state index in [0.717, 1.165) is 19.7 Å². The van der Waals surface area contributed by atoms with Crippen molar-refractivity contribution in [2.24, 2.45) is 0 Å². The third-order valence-electron chi connectivity index (χ3n) is 2.31. The minimum absolute atomic E-state index is 0.345. The van der Waals surface area contributed by atoms with Crippen molar-refractivity contribution in [1.29, 1.82) is 0 Å². The molecule has 0 spiro atoms. The van der Waals surface area contributed by atoms with E-state index in [9.17, 15) is 0 Å². The van der Waals surface area contributed by atoms with Gasteiger partial charge >= 0.3 is 0 Å². The standard InChI is InChI=1S/C11H14NO/c1-10-9-12(7-8-13-10)11-5-3-2-4-6-11/h3-6,10H,7-9H2,1H3. The highest BCUT2D eigenvalue weighted by Gasteiger charge is 2.16. The third-order valence-corrected chi connectivity index (χ3v) is 2.31. The van der Waals surface area contributed by atoms with Crippen molar-refractivity contribution >= 4 is 5.69 Å². The average Bonchev–Trinajstić information content (AvgIpc) is 2.19. The van der Waals surface area contributed by atoms with E-state index in [1.165, 1.54) is 5.69 Å². The van der Waals surface area contributed by atoms with Crippen molar-refractivity contribution < 1.29 is 4.74 Å². The van der Waals surface area contributed by atoms with Crippen molar-refractivity contribution in [2.75, 3.05) is 24.6 Å². The van der Waals surface area contributed by atoms with Crippen LogP contribution in [0.5, 0.6) is 0 Å². The number of morpholine rings is 1. The molecule has 0 aromatic heterocycles. The molecule has 2 rings (SSSR count). The van der Waals surface area contributed by atoms with E-state index in [1.807, 2.05) is 12.1 Å². The van der Waals surface area contributed by atoms with Gasteiger partial charge < -0.3 is 9.64 Å². The van der Waals surface area contributed by atoms with Crippen LogP contribution >= 0.6 is 0 Å². The summed E-state index contributed by atoms with van der Waals surface area (Å²) >= 11 is 0. The fourth-order valence-electron chi connectivity index (χ4n) is 1.64. The van der Waals surface area contributed by atoms with E-state index in [1.54, 1.807) is 0 Å². The van der Waals surface area contributed by atoms with Gasteiger partial charge in [0.15, 0.2) is 0 Å². The van der Waals surface area contributed by atoms with Crippen molar-refractivity contribution in [3.8, 4) is 0 Å². The fraction of sp³-hybridized carbons (Fsp3) is 0.455. The van der Waals surface area contributed by atoms with Crippen LogP contribution in [0.3, 0.4) is 0 Å². The second-order valence-electron chi connectivity index (χ2n) is 3.39. The smallest absolute Gasteiger partial charge is 0.0722 e. The lowest BCUT2D eigenvalue weighted by Gasteiger charge is -2.32. The Bertz CT molecular complexity index is 260. The summed E-state index contributed by atoms with van der Waals surface area (Å²) in [6.07, 6.45) is 0.345. The molecule has 0 saturated carbocycles. The normalized spacial score (nSPS) is 23.2. The highest BCUT2D eigenvalue weighted by atomic mass is 16.5. The largest absolute Gasteiger partial charge is 0.375 e. The average molecular weight is 176 g/mol. The van der Waals surface area contributed by atoms with Crippen molar-refractivity contribution in [3.63, 3.8) is 0 Å². The van der Waals surface area contributed by atoms with Gasteiger partial charge in [0.25, 0.3) is 0 Å². The second kappa shape index (κ2) is 3.79. The van der Waals surface area contributed by atoms with E-state index in [-0.39, 0.29) is 0 Å². The summed E-state index contributed by atoms with van der Waals surface area (Å²) in [6.45, 7) is 4.93. The van der Waals surface area contributed by atoms with Crippen LogP contribution in [0.15, 0.2) is 24.3 Å². The predicted octanol–water partition coefficient (Wildman–Crippen LogP) is 1.71. The van der Waals surface area contributed by atoms with Crippen LogP contribution in [0, 0.1) is 6.07 Å². The first-order valence-corrected chi connectivity index (χ1v) is 4.69. The van der Waals surface area contributed by atoms with Gasteiger partial charge in [0.1, 0.15) is 0 Å². The SMILES string of the molecule is CC1CN(c2cc[c]cc2)CCO1. The summed E-state index contributed by atoms with van der Waals surface area (Å²) in [5.41, 5.74) is 1.27. The Kier molecular flexibility index (Phi) is 2.50. The Hall–Kier alpha value is -1.02. The van der Waals surface area contributed by atoms with Gasteiger partial charge in [-0.05, 0) is 25.1 Å². The Morgan fingerprint density at radius 3 is 2.92 bits per heavy atom. The molecule has 1 unspecified atom stereocenters. The van der Waals surface area contributed by atoms with E-state index >= 15 is 0 Å². The molecule has 2 nitrogen and oxygen atoms in total. The zero-order valence-electron chi connectivity index (χ0n) is 7.86. The van der Waals surface area contributed by atoms with Crippen molar-refractivity contribution in [2.45, 2.75) is 13.0 Å². The van der Waals surface area contributed by atoms with Crippen molar-refractivity contribution in [1.82, 2.24) is 0 Å². The number of benzene rings is 1. The summed E-state index contributed by atoms with van der Waals surface area (Å²) < 4.78 is 5.48. The van der Waals surface area contributed by atoms with Gasteiger partial charge in [0.2, 0.25) is 0 Å². The molecule has 1 aromatic carbocycles. The summed E-state index contributed by atoms with van der Waals surface area (Å²) in [5, 5.41) is 0. The van der Waals surface area contributed by atoms with E-state index in [2.05, 4.69) is 30.0 Å². The number of hydrogen-bond donors (Lipinski definition) is 0. The lowest BCUT2D eigenvalue weighted by molar-refractivity contribution is 0.0532. The Morgan fingerprint density at radius 2 is 2.23 bits per heavy atom. The van der Waals surface area contributed by atoms with E-state index in [0.29, 0.717) is 6.10 Å². The third kappa shape index (κ3) is 2.01. The maximum atomic E-state index is 5.48. The number of nitrogens with zero attached hydrogens (tertiary/aromatic N) is 1. The van der Waals surface area contributed by atoms with Gasteiger partial charge in [0, 0.05) is 18.8 Å². The molecule has 1 saturated heterocycles. The van der Waals surface area contributed by atoms with Crippen LogP contribution < -0.4 is 4.90 Å². The number of ether oxygens (including phenoxy) is 1. The van der Waals surface area contributed by atoms with Crippen LogP contribution in [0.25, 0.3) is 0 Å². The van der Waals surface area contributed by atoms with Crippen LogP contribution in [0.1, 0.15) is 6.92 Å². The molecule has 0 N–H and O–H groups in total. The van der Waals surface area contributed by atoms with E-state index < -0.39 is 0 Å². The van der Waals surface area contributed by atoms with Gasteiger partial charge in [-0.15, -0.1) is 0 Å². The second-order valence-corrected chi connectivity index (χ2v) is 3.39. The summed E-state index contributed by atoms with van der Waals surface area (Å²) in [6, 6.07) is 11.1. The molecule has 1 aliphatic heterocycles. The predicted molar refractivity (Wildman–Crippen MR) is 52.9 cm³/mol. The number of hydrogen-bond acceptors (Lipinski definition) is 2. The molecule has 13 heavy (non-hydrogen) atoms. The molecule has 0 aliphatic carbocycles. The summed E-state index contributed by atoms with van der Waals surface area (Å²) in [5.74, 6) is 0. The minimum atomic E-state index is 0.345. The number of rotatable bonds is 1. The lowest BCUT2D eigenvalue weighted by atomic mass is 10.2. The number of anilines is 1. The maximum absolute atomic E-state index is 5.48. The highest BCUT2D eigenvalue weighted by Crippen LogP contribution is 2.16. The molecule has 69 valence electrons. The van der Waals surface area contributed by atoms with Gasteiger partial charge in [-0.2, -0.15) is 0 Å². The monoisotopic (exact) mass is 176 g/mol. The summed E-state index contributed by atoms with van der Waals surface area (Å²) in [4.78, 5) is 2.35. The maximum Gasteiger partial charge on any atom is 0.0722 e. The van der Waals surface area contributed by atoms with E-state index in [4.69, 9.17) is 4.74 Å². The molecule has 0 bridgehead atoms. The molecule has 1 heterocycles. The molecular weight excluding hydrogens is 162 g/mol. The fourth-order valence-corrected chi connectivity index (χ4v) is 1.64. The molecule has 0 amide bonds. The van der Waals surface area contributed by atoms with Crippen LogP contribution in [0.2, 0.25) is 0 Å².